The van der Waals surface area contributed by atoms with Crippen molar-refractivity contribution >= 4 is 23.7 Å². The molecular weight excluding hydrogens is 558 g/mol. The van der Waals surface area contributed by atoms with Gasteiger partial charge in [0.15, 0.2) is 24.9 Å². The first-order valence-corrected chi connectivity index (χ1v) is 11.3. The molecule has 2 aromatic rings. The van der Waals surface area contributed by atoms with Crippen LogP contribution in [0.2, 0.25) is 0 Å². The smallest absolute Gasteiger partial charge is 0.369 e. The fourth-order valence-electron chi connectivity index (χ4n) is 3.74. The molecule has 2 aromatic heterocycles. The second-order valence-corrected chi connectivity index (χ2v) is 8.41. The van der Waals surface area contributed by atoms with E-state index in [0.29, 0.717) is 17.0 Å². The van der Waals surface area contributed by atoms with Gasteiger partial charge in [-0.15, -0.1) is 0 Å². The molecule has 40 heavy (non-hydrogen) atoms. The van der Waals surface area contributed by atoms with Crippen LogP contribution in [0.1, 0.15) is 18.1 Å². The van der Waals surface area contributed by atoms with Crippen molar-refractivity contribution in [3.8, 4) is 0 Å². The van der Waals surface area contributed by atoms with Gasteiger partial charge in [-0.1, -0.05) is 0 Å². The lowest BCUT2D eigenvalue weighted by Gasteiger charge is -2.21. The number of aliphatic hydroxyl groups excluding tert-OH is 3. The van der Waals surface area contributed by atoms with Gasteiger partial charge >= 0.3 is 24.4 Å². The molecule has 4 amide bonds. The van der Waals surface area contributed by atoms with E-state index in [1.165, 1.54) is 14.1 Å². The third-order valence-corrected chi connectivity index (χ3v) is 5.82. The number of alkyl halides is 6. The number of pyridine rings is 2. The van der Waals surface area contributed by atoms with Gasteiger partial charge in [0.1, 0.15) is 11.6 Å². The van der Waals surface area contributed by atoms with Crippen molar-refractivity contribution in [3.63, 3.8) is 0 Å². The number of carbonyl (C=O) groups is 2. The highest BCUT2D eigenvalue weighted by Gasteiger charge is 2.46. The van der Waals surface area contributed by atoms with E-state index in [0.717, 1.165) is 39.2 Å². The molecule has 0 saturated carbocycles. The van der Waals surface area contributed by atoms with E-state index in [1.54, 1.807) is 6.92 Å². The molecule has 4 atom stereocenters. The number of likely N-dealkylation sites (N-methyl/N-ethyl adjacent to an activating group) is 2. The van der Waals surface area contributed by atoms with E-state index in [1.807, 2.05) is 0 Å². The standard InChI is InChI=1S/C12H14F3N3O3.C10H10F3N3O3/c1-3-21-10-9(19)18(11(20)17(10)2)8-6-7(4-5-16-8)12(13,14)15;1-15-7(17)8(18)16(9(15)19)6-4-5(2-3-14-6)10(11,12)13/h4-6,9-10,19H,3H2,1-2H3;2-4,7-8,17-18H,1H3. The summed E-state index contributed by atoms with van der Waals surface area (Å²) in [6, 6.07) is 1.35. The summed E-state index contributed by atoms with van der Waals surface area (Å²) in [6.07, 6.45) is -12.9. The summed E-state index contributed by atoms with van der Waals surface area (Å²) in [7, 11) is 2.60. The Balaban J connectivity index is 0.000000222. The van der Waals surface area contributed by atoms with E-state index in [-0.39, 0.29) is 18.2 Å². The number of amides is 4. The number of rotatable bonds is 4. The molecule has 0 aromatic carbocycles. The third-order valence-electron chi connectivity index (χ3n) is 5.82. The summed E-state index contributed by atoms with van der Waals surface area (Å²) < 4.78 is 80.9. The highest BCUT2D eigenvalue weighted by atomic mass is 19.4. The summed E-state index contributed by atoms with van der Waals surface area (Å²) >= 11 is 0. The first kappa shape index (κ1) is 30.8. The molecule has 0 spiro atoms. The van der Waals surface area contributed by atoms with Crippen molar-refractivity contribution < 1.29 is 56.0 Å². The Labute approximate surface area is 222 Å². The minimum Gasteiger partial charge on any atom is -0.369 e. The molecule has 2 aliphatic rings. The Bertz CT molecular complexity index is 1230. The van der Waals surface area contributed by atoms with Gasteiger partial charge in [-0.05, 0) is 31.2 Å². The van der Waals surface area contributed by atoms with Gasteiger partial charge in [-0.25, -0.2) is 29.4 Å². The number of aromatic nitrogens is 2. The second kappa shape index (κ2) is 11.4. The van der Waals surface area contributed by atoms with Crippen LogP contribution in [0.3, 0.4) is 0 Å². The van der Waals surface area contributed by atoms with Crippen molar-refractivity contribution in [2.45, 2.75) is 44.2 Å². The van der Waals surface area contributed by atoms with Crippen LogP contribution in [0.15, 0.2) is 36.7 Å². The van der Waals surface area contributed by atoms with Gasteiger partial charge in [0, 0.05) is 33.1 Å². The number of hydrogen-bond donors (Lipinski definition) is 3. The predicted octanol–water partition coefficient (Wildman–Crippen LogP) is 2.26. The minimum absolute atomic E-state index is 0.239. The number of hydrogen-bond acceptors (Lipinski definition) is 8. The Hall–Kier alpha value is -3.74. The molecule has 0 aliphatic carbocycles. The van der Waals surface area contributed by atoms with E-state index < -0.39 is 60.5 Å². The molecule has 0 bridgehead atoms. The van der Waals surface area contributed by atoms with Crippen molar-refractivity contribution in [1.82, 2.24) is 19.8 Å². The summed E-state index contributed by atoms with van der Waals surface area (Å²) in [5.41, 5.74) is -1.95. The number of carbonyl (C=O) groups excluding carboxylic acids is 2. The van der Waals surface area contributed by atoms with Gasteiger partial charge in [-0.2, -0.15) is 26.3 Å². The lowest BCUT2D eigenvalue weighted by Crippen LogP contribution is -2.38. The maximum absolute atomic E-state index is 12.7. The topological polar surface area (TPSA) is 143 Å². The van der Waals surface area contributed by atoms with Crippen LogP contribution in [-0.2, 0) is 17.1 Å². The van der Waals surface area contributed by atoms with Crippen LogP contribution in [0.5, 0.6) is 0 Å². The summed E-state index contributed by atoms with van der Waals surface area (Å²) in [5.74, 6) is -0.660. The monoisotopic (exact) mass is 582 g/mol. The molecule has 220 valence electrons. The lowest BCUT2D eigenvalue weighted by molar-refractivity contribution is -0.138. The Morgan fingerprint density at radius 3 is 1.57 bits per heavy atom. The third kappa shape index (κ3) is 6.03. The highest BCUT2D eigenvalue weighted by molar-refractivity contribution is 5.94. The van der Waals surface area contributed by atoms with Gasteiger partial charge in [0.25, 0.3) is 0 Å². The van der Waals surface area contributed by atoms with Crippen molar-refractivity contribution in [2.24, 2.45) is 0 Å². The van der Waals surface area contributed by atoms with Crippen LogP contribution < -0.4 is 9.80 Å². The van der Waals surface area contributed by atoms with Gasteiger partial charge in [-0.3, -0.25) is 9.80 Å². The average Bonchev–Trinajstić information content (AvgIpc) is 3.22. The summed E-state index contributed by atoms with van der Waals surface area (Å²) in [6.45, 7) is 1.92. The van der Waals surface area contributed by atoms with Crippen LogP contribution in [0.25, 0.3) is 0 Å². The minimum atomic E-state index is -4.59. The number of nitrogens with zero attached hydrogens (tertiary/aromatic N) is 6. The van der Waals surface area contributed by atoms with Crippen LogP contribution in [0.4, 0.5) is 47.6 Å². The first-order chi connectivity index (χ1) is 18.5. The Kier molecular flexibility index (Phi) is 8.77. The normalized spacial score (nSPS) is 23.6. The van der Waals surface area contributed by atoms with Crippen molar-refractivity contribution in [1.29, 1.82) is 0 Å². The fourth-order valence-corrected chi connectivity index (χ4v) is 3.74. The van der Waals surface area contributed by atoms with Crippen LogP contribution >= 0.6 is 0 Å². The molecule has 0 radical (unpaired) electrons. The molecule has 12 nitrogen and oxygen atoms in total. The quantitative estimate of drug-likeness (QED) is 0.466. The maximum Gasteiger partial charge on any atom is 0.416 e. The molecule has 4 rings (SSSR count). The molecule has 4 heterocycles. The first-order valence-electron chi connectivity index (χ1n) is 11.3. The number of urea groups is 2. The predicted molar refractivity (Wildman–Crippen MR) is 123 cm³/mol. The SMILES string of the molecule is CCOC1C(O)N(c2cc(C(F)(F)F)ccn2)C(=O)N1C.CN1C(=O)N(c2cc(C(F)(F)F)ccn2)C(O)C1O. The zero-order chi connectivity index (χ0) is 30.2. The van der Waals surface area contributed by atoms with Crippen molar-refractivity contribution in [2.75, 3.05) is 30.5 Å². The Morgan fingerprint density at radius 1 is 0.775 bits per heavy atom. The largest absolute Gasteiger partial charge is 0.416 e. The van der Waals surface area contributed by atoms with E-state index in [4.69, 9.17) is 4.74 Å². The highest BCUT2D eigenvalue weighted by Crippen LogP contribution is 2.34. The van der Waals surface area contributed by atoms with E-state index >= 15 is 0 Å². The molecule has 2 fully saturated rings. The molecule has 18 heteroatoms. The second-order valence-electron chi connectivity index (χ2n) is 8.41. The van der Waals surface area contributed by atoms with Gasteiger partial charge < -0.3 is 20.1 Å². The zero-order valence-corrected chi connectivity index (χ0v) is 21.0. The molecule has 2 saturated heterocycles. The van der Waals surface area contributed by atoms with Gasteiger partial charge in [0.05, 0.1) is 11.1 Å². The lowest BCUT2D eigenvalue weighted by atomic mass is 10.2. The van der Waals surface area contributed by atoms with Crippen LogP contribution in [-0.4, -0.2) is 92.8 Å². The number of aliphatic hydroxyl groups is 3. The zero-order valence-electron chi connectivity index (χ0n) is 21.0. The van der Waals surface area contributed by atoms with Crippen LogP contribution in [0, 0.1) is 0 Å². The van der Waals surface area contributed by atoms with Gasteiger partial charge in [0.2, 0.25) is 0 Å². The maximum atomic E-state index is 12.7. The van der Waals surface area contributed by atoms with E-state index in [2.05, 4.69) is 9.97 Å². The Morgan fingerprint density at radius 2 is 1.20 bits per heavy atom. The molecular formula is C22H24F6N6O6. The summed E-state index contributed by atoms with van der Waals surface area (Å²) in [4.78, 5) is 34.4. The van der Waals surface area contributed by atoms with E-state index in [9.17, 15) is 51.3 Å². The summed E-state index contributed by atoms with van der Waals surface area (Å²) in [5, 5.41) is 29.2. The fraction of sp³-hybridized carbons (Fsp3) is 0.455. The number of halogens is 6. The molecule has 3 N–H and O–H groups in total. The average molecular weight is 582 g/mol. The van der Waals surface area contributed by atoms with Crippen molar-refractivity contribution in [3.05, 3.63) is 47.8 Å². The number of anilines is 2. The molecule has 2 aliphatic heterocycles. The number of ether oxygens (including phenoxy) is 1. The molecule has 4 unspecified atom stereocenters.